The lowest BCUT2D eigenvalue weighted by molar-refractivity contribution is -0.134. The SMILES string of the molecule is N#CCCN(CCC#N)C(=O)COC(=O)c1ccc2c(c1Cl)C(=O)c1ccccc1C2=O. The molecule has 0 heterocycles. The Morgan fingerprint density at radius 2 is 1.50 bits per heavy atom. The van der Waals surface area contributed by atoms with E-state index in [9.17, 15) is 19.2 Å². The van der Waals surface area contributed by atoms with E-state index in [1.54, 1.807) is 18.2 Å². The van der Waals surface area contributed by atoms with Gasteiger partial charge in [0.2, 0.25) is 0 Å². The third-order valence-corrected chi connectivity index (χ3v) is 5.31. The molecule has 160 valence electrons. The summed E-state index contributed by atoms with van der Waals surface area (Å²) >= 11 is 6.32. The average Bonchev–Trinajstić information content (AvgIpc) is 2.80. The number of carbonyl (C=O) groups is 4. The topological polar surface area (TPSA) is 128 Å². The van der Waals surface area contributed by atoms with E-state index in [0.717, 1.165) is 0 Å². The van der Waals surface area contributed by atoms with Crippen LogP contribution in [0.25, 0.3) is 0 Å². The number of benzene rings is 2. The van der Waals surface area contributed by atoms with E-state index in [-0.39, 0.29) is 64.6 Å². The summed E-state index contributed by atoms with van der Waals surface area (Å²) in [5.74, 6) is -2.37. The zero-order valence-electron chi connectivity index (χ0n) is 16.8. The number of hydrogen-bond donors (Lipinski definition) is 0. The summed E-state index contributed by atoms with van der Waals surface area (Å²) in [6.45, 7) is -0.423. The van der Waals surface area contributed by atoms with Crippen LogP contribution in [0, 0.1) is 22.7 Å². The van der Waals surface area contributed by atoms with E-state index in [1.165, 1.54) is 23.1 Å². The van der Waals surface area contributed by atoms with Crippen molar-refractivity contribution < 1.29 is 23.9 Å². The maximum atomic E-state index is 12.9. The Labute approximate surface area is 188 Å². The summed E-state index contributed by atoms with van der Waals surface area (Å²) in [7, 11) is 0. The molecule has 0 aliphatic heterocycles. The standard InChI is InChI=1S/C23H16ClN3O5/c24-20-17(23(31)32-13-18(28)27(11-3-9-25)12-4-10-26)8-7-16-19(20)22(30)15-6-2-1-5-14(15)21(16)29/h1-2,5-8H,3-4,11-13H2. The fraction of sp³-hybridized carbons (Fsp3) is 0.217. The third-order valence-electron chi connectivity index (χ3n) is 4.92. The third kappa shape index (κ3) is 4.36. The van der Waals surface area contributed by atoms with Crippen molar-refractivity contribution in [1.82, 2.24) is 4.90 Å². The van der Waals surface area contributed by atoms with E-state index in [4.69, 9.17) is 26.9 Å². The van der Waals surface area contributed by atoms with Crippen LogP contribution in [0.15, 0.2) is 36.4 Å². The van der Waals surface area contributed by atoms with Gasteiger partial charge in [-0.1, -0.05) is 35.9 Å². The van der Waals surface area contributed by atoms with Crippen LogP contribution in [0.1, 0.15) is 55.0 Å². The second-order valence-corrected chi connectivity index (χ2v) is 7.20. The number of esters is 1. The molecule has 0 bridgehead atoms. The van der Waals surface area contributed by atoms with Gasteiger partial charge in [0.15, 0.2) is 18.2 Å². The second-order valence-electron chi connectivity index (χ2n) is 6.83. The molecule has 8 nitrogen and oxygen atoms in total. The summed E-state index contributed by atoms with van der Waals surface area (Å²) in [6.07, 6.45) is 0.138. The van der Waals surface area contributed by atoms with Gasteiger partial charge >= 0.3 is 5.97 Å². The second kappa shape index (κ2) is 9.86. The van der Waals surface area contributed by atoms with Gasteiger partial charge in [0.05, 0.1) is 41.1 Å². The number of nitriles is 2. The van der Waals surface area contributed by atoms with Crippen LogP contribution in [0.2, 0.25) is 5.02 Å². The van der Waals surface area contributed by atoms with Crippen LogP contribution >= 0.6 is 11.6 Å². The molecular formula is C23H16ClN3O5. The van der Waals surface area contributed by atoms with Crippen LogP contribution in [0.3, 0.4) is 0 Å². The van der Waals surface area contributed by atoms with Crippen LogP contribution in [-0.4, -0.2) is 48.0 Å². The molecule has 0 saturated carbocycles. The lowest BCUT2D eigenvalue weighted by atomic mass is 9.83. The van der Waals surface area contributed by atoms with Gasteiger partial charge in [-0.15, -0.1) is 0 Å². The fourth-order valence-electron chi connectivity index (χ4n) is 3.33. The first kappa shape index (κ1) is 22.7. The maximum absolute atomic E-state index is 12.9. The summed E-state index contributed by atoms with van der Waals surface area (Å²) in [4.78, 5) is 51.8. The highest BCUT2D eigenvalue weighted by Crippen LogP contribution is 2.34. The largest absolute Gasteiger partial charge is 0.452 e. The first-order valence-electron chi connectivity index (χ1n) is 9.60. The summed E-state index contributed by atoms with van der Waals surface area (Å²) in [5, 5.41) is 17.2. The van der Waals surface area contributed by atoms with E-state index in [1.807, 2.05) is 12.1 Å². The molecule has 1 aliphatic rings. The highest BCUT2D eigenvalue weighted by Gasteiger charge is 2.33. The minimum atomic E-state index is -0.939. The zero-order chi connectivity index (χ0) is 23.3. The summed E-state index contributed by atoms with van der Waals surface area (Å²) in [5.41, 5.74) is 0.306. The number of fused-ring (bicyclic) bond motifs is 2. The number of ketones is 2. The molecule has 0 saturated heterocycles. The van der Waals surface area contributed by atoms with Crippen molar-refractivity contribution in [3.8, 4) is 12.1 Å². The number of rotatable bonds is 7. The molecule has 0 N–H and O–H groups in total. The highest BCUT2D eigenvalue weighted by molar-refractivity contribution is 6.41. The van der Waals surface area contributed by atoms with Crippen molar-refractivity contribution in [3.63, 3.8) is 0 Å². The van der Waals surface area contributed by atoms with Crippen molar-refractivity contribution in [3.05, 3.63) is 69.2 Å². The molecule has 0 radical (unpaired) electrons. The number of halogens is 1. The van der Waals surface area contributed by atoms with E-state index in [2.05, 4.69) is 0 Å². The Balaban J connectivity index is 1.79. The molecule has 0 aromatic heterocycles. The van der Waals surface area contributed by atoms with Crippen molar-refractivity contribution in [1.29, 1.82) is 10.5 Å². The Morgan fingerprint density at radius 1 is 0.906 bits per heavy atom. The minimum Gasteiger partial charge on any atom is -0.452 e. The zero-order valence-corrected chi connectivity index (χ0v) is 17.5. The predicted molar refractivity (Wildman–Crippen MR) is 112 cm³/mol. The molecule has 1 amide bonds. The van der Waals surface area contributed by atoms with Crippen LogP contribution < -0.4 is 0 Å². The molecule has 2 aromatic carbocycles. The number of amides is 1. The van der Waals surface area contributed by atoms with Gasteiger partial charge in [-0.25, -0.2) is 4.79 Å². The molecule has 9 heteroatoms. The average molecular weight is 450 g/mol. The smallest absolute Gasteiger partial charge is 0.340 e. The maximum Gasteiger partial charge on any atom is 0.340 e. The molecular weight excluding hydrogens is 434 g/mol. The van der Waals surface area contributed by atoms with E-state index < -0.39 is 24.3 Å². The molecule has 0 spiro atoms. The van der Waals surface area contributed by atoms with Crippen LogP contribution in [-0.2, 0) is 9.53 Å². The lowest BCUT2D eigenvalue weighted by Crippen LogP contribution is -2.36. The summed E-state index contributed by atoms with van der Waals surface area (Å²) in [6, 6.07) is 12.8. The quantitative estimate of drug-likeness (QED) is 0.507. The molecule has 0 fully saturated rings. The van der Waals surface area contributed by atoms with Crippen molar-refractivity contribution in [2.75, 3.05) is 19.7 Å². The Morgan fingerprint density at radius 3 is 2.09 bits per heavy atom. The number of carbonyl (C=O) groups excluding carboxylic acids is 4. The first-order valence-corrected chi connectivity index (χ1v) is 9.98. The van der Waals surface area contributed by atoms with Gasteiger partial charge in [-0.3, -0.25) is 14.4 Å². The van der Waals surface area contributed by atoms with Gasteiger partial charge in [0, 0.05) is 29.8 Å². The highest BCUT2D eigenvalue weighted by atomic mass is 35.5. The van der Waals surface area contributed by atoms with Gasteiger partial charge in [-0.05, 0) is 12.1 Å². The molecule has 1 aliphatic carbocycles. The van der Waals surface area contributed by atoms with Crippen molar-refractivity contribution in [2.45, 2.75) is 12.8 Å². The van der Waals surface area contributed by atoms with Gasteiger partial charge in [0.1, 0.15) is 0 Å². The number of ether oxygens (including phenoxy) is 1. The van der Waals surface area contributed by atoms with E-state index in [0.29, 0.717) is 0 Å². The minimum absolute atomic E-state index is 0.0688. The van der Waals surface area contributed by atoms with Crippen LogP contribution in [0.4, 0.5) is 0 Å². The lowest BCUT2D eigenvalue weighted by Gasteiger charge is -2.21. The fourth-order valence-corrected chi connectivity index (χ4v) is 3.66. The molecule has 2 aromatic rings. The normalized spacial score (nSPS) is 11.6. The first-order chi connectivity index (χ1) is 15.4. The number of hydrogen-bond acceptors (Lipinski definition) is 7. The van der Waals surface area contributed by atoms with Crippen molar-refractivity contribution in [2.24, 2.45) is 0 Å². The van der Waals surface area contributed by atoms with E-state index >= 15 is 0 Å². The molecule has 0 unspecified atom stereocenters. The summed E-state index contributed by atoms with van der Waals surface area (Å²) < 4.78 is 5.06. The van der Waals surface area contributed by atoms with Gasteiger partial charge in [0.25, 0.3) is 5.91 Å². The Kier molecular flexibility index (Phi) is 6.99. The monoisotopic (exact) mass is 449 g/mol. The molecule has 0 atom stereocenters. The van der Waals surface area contributed by atoms with Crippen molar-refractivity contribution >= 4 is 35.0 Å². The number of nitrogens with zero attached hydrogens (tertiary/aromatic N) is 3. The van der Waals surface area contributed by atoms with Gasteiger partial charge in [-0.2, -0.15) is 10.5 Å². The van der Waals surface area contributed by atoms with Crippen LogP contribution in [0.5, 0.6) is 0 Å². The predicted octanol–water partition coefficient (Wildman–Crippen LogP) is 2.93. The Hall–Kier alpha value is -4.01. The Bertz CT molecular complexity index is 1190. The molecule has 32 heavy (non-hydrogen) atoms. The molecule has 3 rings (SSSR count). The van der Waals surface area contributed by atoms with Gasteiger partial charge < -0.3 is 9.64 Å².